The summed E-state index contributed by atoms with van der Waals surface area (Å²) < 4.78 is 33.4. The average molecular weight is 446 g/mol. The lowest BCUT2D eigenvalue weighted by molar-refractivity contribution is -0.124. The maximum atomic E-state index is 12.9. The molecule has 0 unspecified atom stereocenters. The summed E-state index contributed by atoms with van der Waals surface area (Å²) in [5.41, 5.74) is 0. The van der Waals surface area contributed by atoms with Gasteiger partial charge >= 0.3 is 0 Å². The first-order valence-electron chi connectivity index (χ1n) is 9.99. The van der Waals surface area contributed by atoms with E-state index in [4.69, 9.17) is 16.3 Å². The van der Waals surface area contributed by atoms with Gasteiger partial charge in [0.1, 0.15) is 6.04 Å². The second-order valence-electron chi connectivity index (χ2n) is 8.00. The summed E-state index contributed by atoms with van der Waals surface area (Å²) in [6.07, 6.45) is 0. The van der Waals surface area contributed by atoms with Crippen molar-refractivity contribution in [1.29, 1.82) is 0 Å². The Morgan fingerprint density at radius 1 is 1.10 bits per heavy atom. The van der Waals surface area contributed by atoms with Gasteiger partial charge in [0.2, 0.25) is 15.9 Å². The van der Waals surface area contributed by atoms with Gasteiger partial charge in [0.15, 0.2) is 0 Å². The topological polar surface area (TPSA) is 87.7 Å². The van der Waals surface area contributed by atoms with Gasteiger partial charge in [0, 0.05) is 30.7 Å². The van der Waals surface area contributed by atoms with E-state index in [9.17, 15) is 13.2 Å². The summed E-state index contributed by atoms with van der Waals surface area (Å²) >= 11 is 5.84. The van der Waals surface area contributed by atoms with Gasteiger partial charge in [0.25, 0.3) is 0 Å². The number of ether oxygens (including phenoxy) is 1. The van der Waals surface area contributed by atoms with E-state index in [1.165, 1.54) is 24.3 Å². The van der Waals surface area contributed by atoms with Gasteiger partial charge in [0.05, 0.1) is 18.1 Å². The zero-order valence-electron chi connectivity index (χ0n) is 17.5. The lowest BCUT2D eigenvalue weighted by atomic mass is 10.0. The highest BCUT2D eigenvalue weighted by Gasteiger charge is 2.30. The molecule has 0 radical (unpaired) electrons. The molecule has 0 spiro atoms. The molecular weight excluding hydrogens is 414 g/mol. The SMILES string of the molecule is CC(C)[C@H](NS(=O)(=O)c1ccc(Cl)cc1)C(=O)NC[C@@H](C(C)C)N1CCOCC1. The molecule has 1 amide bonds. The van der Waals surface area contributed by atoms with Crippen LogP contribution in [0.3, 0.4) is 0 Å². The van der Waals surface area contributed by atoms with Gasteiger partial charge in [-0.05, 0) is 36.1 Å². The van der Waals surface area contributed by atoms with E-state index in [1.807, 2.05) is 13.8 Å². The molecule has 0 aromatic heterocycles. The largest absolute Gasteiger partial charge is 0.379 e. The number of hydrogen-bond acceptors (Lipinski definition) is 5. The van der Waals surface area contributed by atoms with Crippen molar-refractivity contribution < 1.29 is 17.9 Å². The molecule has 7 nitrogen and oxygen atoms in total. The van der Waals surface area contributed by atoms with Crippen molar-refractivity contribution in [3.8, 4) is 0 Å². The van der Waals surface area contributed by atoms with Crippen LogP contribution in [-0.4, -0.2) is 64.2 Å². The van der Waals surface area contributed by atoms with E-state index in [2.05, 4.69) is 28.8 Å². The Labute approximate surface area is 179 Å². The van der Waals surface area contributed by atoms with E-state index >= 15 is 0 Å². The number of morpholine rings is 1. The maximum absolute atomic E-state index is 12.9. The molecule has 2 rings (SSSR count). The van der Waals surface area contributed by atoms with E-state index in [1.54, 1.807) is 0 Å². The molecule has 1 aliphatic rings. The van der Waals surface area contributed by atoms with Crippen molar-refractivity contribution in [3.05, 3.63) is 29.3 Å². The van der Waals surface area contributed by atoms with Crippen LogP contribution in [0.25, 0.3) is 0 Å². The highest BCUT2D eigenvalue weighted by molar-refractivity contribution is 7.89. The van der Waals surface area contributed by atoms with Crippen LogP contribution in [0.2, 0.25) is 5.02 Å². The summed E-state index contributed by atoms with van der Waals surface area (Å²) in [5.74, 6) is -0.189. The lowest BCUT2D eigenvalue weighted by Gasteiger charge is -2.37. The Hall–Kier alpha value is -1.19. The summed E-state index contributed by atoms with van der Waals surface area (Å²) in [7, 11) is -3.84. The standard InChI is InChI=1S/C20H32ClN3O4S/c1-14(2)18(24-9-11-28-12-10-24)13-22-20(25)19(15(3)4)23-29(26,27)17-7-5-16(21)6-8-17/h5-8,14-15,18-19,23H,9-13H2,1-4H3,(H,22,25)/t18-,19-/m0/s1. The van der Waals surface area contributed by atoms with Crippen LogP contribution in [0.15, 0.2) is 29.2 Å². The van der Waals surface area contributed by atoms with Crippen molar-refractivity contribution in [2.75, 3.05) is 32.8 Å². The quantitative estimate of drug-likeness (QED) is 0.607. The number of benzene rings is 1. The number of carbonyl (C=O) groups is 1. The Kier molecular flexibility index (Phi) is 8.91. The fourth-order valence-electron chi connectivity index (χ4n) is 3.35. The Morgan fingerprint density at radius 3 is 2.21 bits per heavy atom. The Morgan fingerprint density at radius 2 is 1.69 bits per heavy atom. The van der Waals surface area contributed by atoms with E-state index in [0.717, 1.165) is 13.1 Å². The Bertz CT molecular complexity index is 762. The van der Waals surface area contributed by atoms with E-state index in [-0.39, 0.29) is 22.8 Å². The third-order valence-corrected chi connectivity index (χ3v) is 6.83. The van der Waals surface area contributed by atoms with Crippen LogP contribution >= 0.6 is 11.6 Å². The number of hydrogen-bond donors (Lipinski definition) is 2. The molecule has 2 N–H and O–H groups in total. The number of nitrogens with one attached hydrogen (secondary N) is 2. The zero-order valence-corrected chi connectivity index (χ0v) is 19.1. The first-order valence-corrected chi connectivity index (χ1v) is 11.9. The van der Waals surface area contributed by atoms with Crippen molar-refractivity contribution in [2.45, 2.75) is 44.7 Å². The normalized spacial score (nSPS) is 18.0. The molecule has 1 aliphatic heterocycles. The minimum Gasteiger partial charge on any atom is -0.379 e. The van der Waals surface area contributed by atoms with Crippen molar-refractivity contribution >= 4 is 27.5 Å². The summed E-state index contributed by atoms with van der Waals surface area (Å²) in [4.78, 5) is 15.2. The van der Waals surface area contributed by atoms with Crippen molar-refractivity contribution in [2.24, 2.45) is 11.8 Å². The molecule has 29 heavy (non-hydrogen) atoms. The molecule has 0 bridgehead atoms. The van der Waals surface area contributed by atoms with Gasteiger partial charge in [-0.3, -0.25) is 9.69 Å². The first-order chi connectivity index (χ1) is 13.6. The highest BCUT2D eigenvalue weighted by Crippen LogP contribution is 2.16. The summed E-state index contributed by atoms with van der Waals surface area (Å²) in [6.45, 7) is 11.4. The fraction of sp³-hybridized carbons (Fsp3) is 0.650. The molecule has 9 heteroatoms. The van der Waals surface area contributed by atoms with E-state index < -0.39 is 16.1 Å². The number of carbonyl (C=O) groups excluding carboxylic acids is 1. The van der Waals surface area contributed by atoms with Gasteiger partial charge in [-0.25, -0.2) is 8.42 Å². The number of sulfonamides is 1. The van der Waals surface area contributed by atoms with Gasteiger partial charge in [-0.1, -0.05) is 39.3 Å². The predicted molar refractivity (Wildman–Crippen MR) is 114 cm³/mol. The van der Waals surface area contributed by atoms with Gasteiger partial charge < -0.3 is 10.1 Å². The van der Waals surface area contributed by atoms with Gasteiger partial charge in [-0.15, -0.1) is 0 Å². The number of rotatable bonds is 9. The molecule has 1 fully saturated rings. The highest BCUT2D eigenvalue weighted by atomic mass is 35.5. The predicted octanol–water partition coefficient (Wildman–Crippen LogP) is 2.12. The average Bonchev–Trinajstić information content (AvgIpc) is 2.67. The molecule has 164 valence electrons. The van der Waals surface area contributed by atoms with Gasteiger partial charge in [-0.2, -0.15) is 4.72 Å². The molecular formula is C20H32ClN3O4S. The maximum Gasteiger partial charge on any atom is 0.241 e. The Balaban J connectivity index is 2.05. The smallest absolute Gasteiger partial charge is 0.241 e. The zero-order chi connectivity index (χ0) is 21.6. The molecule has 1 aromatic rings. The second kappa shape index (κ2) is 10.7. The lowest BCUT2D eigenvalue weighted by Crippen LogP contribution is -2.55. The summed E-state index contributed by atoms with van der Waals surface area (Å²) in [6, 6.07) is 5.17. The van der Waals surface area contributed by atoms with Crippen LogP contribution < -0.4 is 10.0 Å². The number of amides is 1. The number of nitrogens with zero attached hydrogens (tertiary/aromatic N) is 1. The van der Waals surface area contributed by atoms with Crippen molar-refractivity contribution in [3.63, 3.8) is 0 Å². The van der Waals surface area contributed by atoms with Crippen LogP contribution in [-0.2, 0) is 19.6 Å². The molecule has 0 aliphatic carbocycles. The molecule has 1 heterocycles. The minimum absolute atomic E-state index is 0.0775. The first kappa shape index (κ1) is 24.1. The molecule has 2 atom stereocenters. The van der Waals surface area contributed by atoms with Crippen molar-refractivity contribution in [1.82, 2.24) is 14.9 Å². The van der Waals surface area contributed by atoms with Crippen LogP contribution in [0, 0.1) is 11.8 Å². The molecule has 0 saturated carbocycles. The minimum atomic E-state index is -3.84. The van der Waals surface area contributed by atoms with E-state index in [0.29, 0.717) is 30.7 Å². The van der Waals surface area contributed by atoms with Crippen LogP contribution in [0.5, 0.6) is 0 Å². The monoisotopic (exact) mass is 445 g/mol. The molecule has 1 saturated heterocycles. The third-order valence-electron chi connectivity index (χ3n) is 5.12. The molecule has 1 aromatic carbocycles. The van der Waals surface area contributed by atoms with Crippen LogP contribution in [0.4, 0.5) is 0 Å². The fourth-order valence-corrected chi connectivity index (χ4v) is 4.82. The number of halogens is 1. The van der Waals surface area contributed by atoms with Crippen LogP contribution in [0.1, 0.15) is 27.7 Å². The third kappa shape index (κ3) is 6.93. The summed E-state index contributed by atoms with van der Waals surface area (Å²) in [5, 5.41) is 3.41. The second-order valence-corrected chi connectivity index (χ2v) is 10.2.